The van der Waals surface area contributed by atoms with Gasteiger partial charge in [-0.3, -0.25) is 4.79 Å². The first-order chi connectivity index (χ1) is 9.46. The highest BCUT2D eigenvalue weighted by Gasteiger charge is 2.11. The number of hydrogen-bond acceptors (Lipinski definition) is 4. The summed E-state index contributed by atoms with van der Waals surface area (Å²) in [4.78, 5) is 11.7. The van der Waals surface area contributed by atoms with E-state index in [0.29, 0.717) is 23.0 Å². The van der Waals surface area contributed by atoms with E-state index in [2.05, 4.69) is 5.32 Å². The predicted molar refractivity (Wildman–Crippen MR) is 75.6 cm³/mol. The van der Waals surface area contributed by atoms with Gasteiger partial charge in [-0.15, -0.1) is 0 Å². The summed E-state index contributed by atoms with van der Waals surface area (Å²) in [6, 6.07) is 6.92. The second kappa shape index (κ2) is 7.39. The maximum absolute atomic E-state index is 11.7. The van der Waals surface area contributed by atoms with Crippen molar-refractivity contribution in [1.82, 2.24) is 5.32 Å². The Morgan fingerprint density at radius 2 is 1.95 bits per heavy atom. The lowest BCUT2D eigenvalue weighted by atomic mass is 10.1. The second-order valence-corrected chi connectivity index (χ2v) is 4.90. The molecule has 0 heterocycles. The van der Waals surface area contributed by atoms with Crippen molar-refractivity contribution >= 4 is 5.91 Å². The molecule has 5 heteroatoms. The Balaban J connectivity index is 2.61. The summed E-state index contributed by atoms with van der Waals surface area (Å²) in [5, 5.41) is 11.7. The van der Waals surface area contributed by atoms with Crippen LogP contribution in [-0.4, -0.2) is 25.7 Å². The molecule has 1 aromatic carbocycles. The number of hydrogen-bond donors (Lipinski definition) is 1. The number of nitrogens with zero attached hydrogens (tertiary/aromatic N) is 1. The number of carbonyl (C=O) groups excluding carboxylic acids is 1. The van der Waals surface area contributed by atoms with E-state index in [1.54, 1.807) is 18.2 Å². The van der Waals surface area contributed by atoms with Crippen LogP contribution in [0.1, 0.15) is 26.3 Å². The second-order valence-electron chi connectivity index (χ2n) is 4.90. The van der Waals surface area contributed by atoms with Gasteiger partial charge >= 0.3 is 0 Å². The molecule has 0 aliphatic rings. The van der Waals surface area contributed by atoms with Gasteiger partial charge in [0.25, 0.3) is 5.91 Å². The molecule has 108 valence electrons. The third kappa shape index (κ3) is 4.81. The van der Waals surface area contributed by atoms with Crippen LogP contribution < -0.4 is 14.8 Å². The minimum Gasteiger partial charge on any atom is -0.497 e. The van der Waals surface area contributed by atoms with Crippen LogP contribution in [0.3, 0.4) is 0 Å². The average Bonchev–Trinajstić information content (AvgIpc) is 2.44. The Labute approximate surface area is 119 Å². The predicted octanol–water partition coefficient (Wildman–Crippen LogP) is 2.11. The van der Waals surface area contributed by atoms with Crippen molar-refractivity contribution in [2.45, 2.75) is 26.8 Å². The standard InChI is InChI=1S/C15H20N2O3/c1-10(2)11(3)17-15(18)9-20-14-6-12(8-16)5-13(7-14)19-4/h5-7,10-11H,9H2,1-4H3,(H,17,18). The van der Waals surface area contributed by atoms with Gasteiger partial charge < -0.3 is 14.8 Å². The summed E-state index contributed by atoms with van der Waals surface area (Å²) < 4.78 is 10.5. The smallest absolute Gasteiger partial charge is 0.258 e. The number of nitriles is 1. The highest BCUT2D eigenvalue weighted by atomic mass is 16.5. The van der Waals surface area contributed by atoms with Gasteiger partial charge in [-0.05, 0) is 25.0 Å². The molecule has 0 aliphatic carbocycles. The number of ether oxygens (including phenoxy) is 2. The molecule has 0 aromatic heterocycles. The number of rotatable bonds is 6. The van der Waals surface area contributed by atoms with Crippen LogP contribution in [0, 0.1) is 17.2 Å². The van der Waals surface area contributed by atoms with E-state index in [1.165, 1.54) is 7.11 Å². The van der Waals surface area contributed by atoms with Crippen LogP contribution in [0.25, 0.3) is 0 Å². The molecule has 0 radical (unpaired) electrons. The molecule has 5 nitrogen and oxygen atoms in total. The molecule has 1 aromatic rings. The number of amides is 1. The normalized spacial score (nSPS) is 11.6. The molecule has 0 spiro atoms. The summed E-state index contributed by atoms with van der Waals surface area (Å²) in [5.41, 5.74) is 0.426. The van der Waals surface area contributed by atoms with E-state index in [4.69, 9.17) is 14.7 Å². The fourth-order valence-electron chi connectivity index (χ4n) is 1.45. The molecule has 1 unspecified atom stereocenters. The van der Waals surface area contributed by atoms with Crippen LogP contribution in [0.4, 0.5) is 0 Å². The maximum Gasteiger partial charge on any atom is 0.258 e. The lowest BCUT2D eigenvalue weighted by Gasteiger charge is -2.17. The minimum absolute atomic E-state index is 0.0882. The largest absolute Gasteiger partial charge is 0.497 e. The zero-order valence-electron chi connectivity index (χ0n) is 12.3. The zero-order chi connectivity index (χ0) is 15.1. The van der Waals surface area contributed by atoms with Gasteiger partial charge in [-0.2, -0.15) is 5.26 Å². The molecule has 0 fully saturated rings. The van der Waals surface area contributed by atoms with E-state index < -0.39 is 0 Å². The Hall–Kier alpha value is -2.22. The van der Waals surface area contributed by atoms with E-state index in [1.807, 2.05) is 26.8 Å². The molecule has 1 atom stereocenters. The van der Waals surface area contributed by atoms with Crippen LogP contribution in [-0.2, 0) is 4.79 Å². The first-order valence-corrected chi connectivity index (χ1v) is 6.47. The van der Waals surface area contributed by atoms with Crippen molar-refractivity contribution < 1.29 is 14.3 Å². The molecule has 0 aliphatic heterocycles. The van der Waals surface area contributed by atoms with Gasteiger partial charge in [0.15, 0.2) is 6.61 Å². The molecule has 1 N–H and O–H groups in total. The average molecular weight is 276 g/mol. The summed E-state index contributed by atoms with van der Waals surface area (Å²) in [6.07, 6.45) is 0. The van der Waals surface area contributed by atoms with E-state index in [9.17, 15) is 4.79 Å². The van der Waals surface area contributed by atoms with Crippen molar-refractivity contribution in [2.75, 3.05) is 13.7 Å². The summed E-state index contributed by atoms with van der Waals surface area (Å²) in [6.45, 7) is 5.93. The Bertz CT molecular complexity index is 506. The van der Waals surface area contributed by atoms with Crippen molar-refractivity contribution in [3.8, 4) is 17.6 Å². The number of methoxy groups -OCH3 is 1. The third-order valence-corrected chi connectivity index (χ3v) is 3.00. The molecular weight excluding hydrogens is 256 g/mol. The summed E-state index contributed by atoms with van der Waals surface area (Å²) >= 11 is 0. The highest BCUT2D eigenvalue weighted by Crippen LogP contribution is 2.22. The van der Waals surface area contributed by atoms with Crippen molar-refractivity contribution in [1.29, 1.82) is 5.26 Å². The van der Waals surface area contributed by atoms with E-state index in [0.717, 1.165) is 0 Å². The van der Waals surface area contributed by atoms with E-state index in [-0.39, 0.29) is 18.6 Å². The van der Waals surface area contributed by atoms with Gasteiger partial charge in [0.2, 0.25) is 0 Å². The number of carbonyl (C=O) groups is 1. The lowest BCUT2D eigenvalue weighted by Crippen LogP contribution is -2.38. The van der Waals surface area contributed by atoms with Gasteiger partial charge in [-0.25, -0.2) is 0 Å². The Morgan fingerprint density at radius 3 is 2.50 bits per heavy atom. The van der Waals surface area contributed by atoms with Crippen LogP contribution in [0.15, 0.2) is 18.2 Å². The first-order valence-electron chi connectivity index (χ1n) is 6.47. The van der Waals surface area contributed by atoms with Gasteiger partial charge in [0.05, 0.1) is 18.7 Å². The number of benzene rings is 1. The van der Waals surface area contributed by atoms with Gasteiger partial charge in [0, 0.05) is 12.1 Å². The molecule has 0 bridgehead atoms. The fourth-order valence-corrected chi connectivity index (χ4v) is 1.45. The lowest BCUT2D eigenvalue weighted by molar-refractivity contribution is -0.124. The molecule has 20 heavy (non-hydrogen) atoms. The monoisotopic (exact) mass is 276 g/mol. The SMILES string of the molecule is COc1cc(C#N)cc(OCC(=O)NC(C)C(C)C)c1. The van der Waals surface area contributed by atoms with Gasteiger partial charge in [0.1, 0.15) is 11.5 Å². The van der Waals surface area contributed by atoms with Crippen molar-refractivity contribution in [3.05, 3.63) is 23.8 Å². The molecule has 1 amide bonds. The quantitative estimate of drug-likeness (QED) is 0.863. The first kappa shape index (κ1) is 15.8. The zero-order valence-corrected chi connectivity index (χ0v) is 12.3. The Kier molecular flexibility index (Phi) is 5.85. The molecule has 0 saturated carbocycles. The van der Waals surface area contributed by atoms with Crippen molar-refractivity contribution in [2.24, 2.45) is 5.92 Å². The van der Waals surface area contributed by atoms with Gasteiger partial charge in [-0.1, -0.05) is 13.8 Å². The topological polar surface area (TPSA) is 71.3 Å². The highest BCUT2D eigenvalue weighted by molar-refractivity contribution is 5.77. The summed E-state index contributed by atoms with van der Waals surface area (Å²) in [7, 11) is 1.51. The maximum atomic E-state index is 11.7. The van der Waals surface area contributed by atoms with Crippen LogP contribution in [0.5, 0.6) is 11.5 Å². The Morgan fingerprint density at radius 1 is 1.30 bits per heavy atom. The van der Waals surface area contributed by atoms with Crippen molar-refractivity contribution in [3.63, 3.8) is 0 Å². The third-order valence-electron chi connectivity index (χ3n) is 3.00. The molecular formula is C15H20N2O3. The fraction of sp³-hybridized carbons (Fsp3) is 0.467. The van der Waals surface area contributed by atoms with Crippen LogP contribution in [0.2, 0.25) is 0 Å². The number of nitrogens with one attached hydrogen (secondary N) is 1. The summed E-state index contributed by atoms with van der Waals surface area (Å²) in [5.74, 6) is 1.14. The molecule has 1 rings (SSSR count). The van der Waals surface area contributed by atoms with Crippen LogP contribution >= 0.6 is 0 Å². The minimum atomic E-state index is -0.187. The molecule has 0 saturated heterocycles. The van der Waals surface area contributed by atoms with E-state index >= 15 is 0 Å².